The van der Waals surface area contributed by atoms with Crippen molar-refractivity contribution in [1.82, 2.24) is 9.47 Å². The van der Waals surface area contributed by atoms with Crippen molar-refractivity contribution in [3.63, 3.8) is 0 Å². The first kappa shape index (κ1) is 13.3. The molecule has 90 valence electrons. The highest BCUT2D eigenvalue weighted by Crippen LogP contribution is 2.17. The average molecular weight is 288 g/mol. The van der Waals surface area contributed by atoms with Crippen LogP contribution in [0, 0.1) is 0 Å². The summed E-state index contributed by atoms with van der Waals surface area (Å²) in [5, 5.41) is 0. The first-order valence-electron chi connectivity index (χ1n) is 5.34. The number of hydrogen-bond donors (Lipinski definition) is 1. The molecule has 1 amide bonds. The molecule has 1 atom stereocenters. The van der Waals surface area contributed by atoms with Gasteiger partial charge in [0.05, 0.1) is 0 Å². The van der Waals surface area contributed by atoms with Gasteiger partial charge in [-0.15, -0.1) is 0 Å². The third-order valence-electron chi connectivity index (χ3n) is 2.75. The van der Waals surface area contributed by atoms with E-state index in [0.29, 0.717) is 12.2 Å². The molecule has 0 aliphatic carbocycles. The molecule has 2 N–H and O–H groups in total. The van der Waals surface area contributed by atoms with Crippen LogP contribution in [-0.2, 0) is 6.54 Å². The Balaban J connectivity index is 2.95. The second kappa shape index (κ2) is 5.50. The number of aromatic nitrogens is 1. The van der Waals surface area contributed by atoms with Gasteiger partial charge in [0.1, 0.15) is 5.69 Å². The van der Waals surface area contributed by atoms with E-state index in [1.54, 1.807) is 11.9 Å². The molecule has 0 bridgehead atoms. The highest BCUT2D eigenvalue weighted by molar-refractivity contribution is 9.10. The molecule has 0 saturated carbocycles. The molecule has 0 aliphatic heterocycles. The maximum atomic E-state index is 12.2. The van der Waals surface area contributed by atoms with E-state index in [1.807, 2.05) is 30.7 Å². The van der Waals surface area contributed by atoms with Crippen molar-refractivity contribution < 1.29 is 4.79 Å². The molecule has 5 heteroatoms. The minimum atomic E-state index is 0.00509. The van der Waals surface area contributed by atoms with E-state index in [2.05, 4.69) is 15.9 Å². The van der Waals surface area contributed by atoms with Gasteiger partial charge in [0.2, 0.25) is 0 Å². The molecule has 0 radical (unpaired) electrons. The molecule has 1 unspecified atom stereocenters. The van der Waals surface area contributed by atoms with Crippen molar-refractivity contribution in [3.8, 4) is 0 Å². The number of nitrogens with two attached hydrogens (primary N) is 1. The van der Waals surface area contributed by atoms with E-state index in [-0.39, 0.29) is 11.9 Å². The summed E-state index contributed by atoms with van der Waals surface area (Å²) in [7, 11) is 1.78. The smallest absolute Gasteiger partial charge is 0.270 e. The van der Waals surface area contributed by atoms with E-state index in [9.17, 15) is 4.79 Å². The number of hydrogen-bond acceptors (Lipinski definition) is 2. The van der Waals surface area contributed by atoms with Crippen LogP contribution in [0.2, 0.25) is 0 Å². The zero-order valence-electron chi connectivity index (χ0n) is 9.90. The molecule has 1 aromatic rings. The Hall–Kier alpha value is -0.810. The lowest BCUT2D eigenvalue weighted by molar-refractivity contribution is 0.0737. The summed E-state index contributed by atoms with van der Waals surface area (Å²) in [5.41, 5.74) is 6.25. The fraction of sp³-hybridized carbons (Fsp3) is 0.545. The summed E-state index contributed by atoms with van der Waals surface area (Å²) in [6.45, 7) is 5.19. The number of aryl methyl sites for hydroxylation is 1. The lowest BCUT2D eigenvalue weighted by Gasteiger charge is -2.24. The quantitative estimate of drug-likeness (QED) is 0.916. The van der Waals surface area contributed by atoms with Gasteiger partial charge in [0.25, 0.3) is 5.91 Å². The number of amides is 1. The van der Waals surface area contributed by atoms with Gasteiger partial charge in [-0.05, 0) is 35.8 Å². The lowest BCUT2D eigenvalue weighted by atomic mass is 10.2. The summed E-state index contributed by atoms with van der Waals surface area (Å²) >= 11 is 3.38. The van der Waals surface area contributed by atoms with Crippen LogP contribution in [0.25, 0.3) is 0 Å². The molecule has 4 nitrogen and oxygen atoms in total. The van der Waals surface area contributed by atoms with E-state index in [4.69, 9.17) is 5.73 Å². The second-order valence-corrected chi connectivity index (χ2v) is 4.75. The van der Waals surface area contributed by atoms with Gasteiger partial charge in [0, 0.05) is 36.8 Å². The van der Waals surface area contributed by atoms with Crippen LogP contribution in [-0.4, -0.2) is 35.0 Å². The molecule has 0 spiro atoms. The third kappa shape index (κ3) is 2.65. The molecule has 0 aromatic carbocycles. The Labute approximate surface area is 105 Å². The monoisotopic (exact) mass is 287 g/mol. The Morgan fingerprint density at radius 1 is 1.69 bits per heavy atom. The van der Waals surface area contributed by atoms with Gasteiger partial charge >= 0.3 is 0 Å². The first-order valence-corrected chi connectivity index (χ1v) is 6.13. The Morgan fingerprint density at radius 2 is 2.31 bits per heavy atom. The predicted octanol–water partition coefficient (Wildman–Crippen LogP) is 1.69. The summed E-state index contributed by atoms with van der Waals surface area (Å²) in [6.07, 6.45) is 1.91. The second-order valence-electron chi connectivity index (χ2n) is 3.83. The van der Waals surface area contributed by atoms with Crippen LogP contribution >= 0.6 is 15.9 Å². The molecule has 0 fully saturated rings. The molecule has 1 aromatic heterocycles. The number of rotatable bonds is 4. The summed E-state index contributed by atoms with van der Waals surface area (Å²) in [6, 6.07) is 1.89. The van der Waals surface area contributed by atoms with Crippen LogP contribution in [0.4, 0.5) is 0 Å². The fourth-order valence-corrected chi connectivity index (χ4v) is 1.92. The molecular formula is C11H18BrN3O. The Bertz CT molecular complexity index is 375. The standard InChI is InChI=1S/C11H18BrN3O/c1-4-15-7-9(12)5-10(15)11(16)14(3)8(2)6-13/h5,7-8H,4,6,13H2,1-3H3. The number of carbonyl (C=O) groups excluding carboxylic acids is 1. The van der Waals surface area contributed by atoms with Crippen LogP contribution in [0.3, 0.4) is 0 Å². The van der Waals surface area contributed by atoms with E-state index >= 15 is 0 Å². The minimum absolute atomic E-state index is 0.00509. The number of halogens is 1. The van der Waals surface area contributed by atoms with E-state index < -0.39 is 0 Å². The zero-order valence-corrected chi connectivity index (χ0v) is 11.5. The zero-order chi connectivity index (χ0) is 12.3. The van der Waals surface area contributed by atoms with Crippen molar-refractivity contribution in [1.29, 1.82) is 0 Å². The lowest BCUT2D eigenvalue weighted by Crippen LogP contribution is -2.40. The largest absolute Gasteiger partial charge is 0.343 e. The van der Waals surface area contributed by atoms with Crippen LogP contribution in [0.5, 0.6) is 0 Å². The third-order valence-corrected chi connectivity index (χ3v) is 3.18. The molecule has 16 heavy (non-hydrogen) atoms. The highest BCUT2D eigenvalue weighted by atomic mass is 79.9. The van der Waals surface area contributed by atoms with Gasteiger partial charge in [-0.1, -0.05) is 0 Å². The van der Waals surface area contributed by atoms with Gasteiger partial charge in [-0.2, -0.15) is 0 Å². The van der Waals surface area contributed by atoms with Gasteiger partial charge in [-0.25, -0.2) is 0 Å². The molecule has 0 saturated heterocycles. The first-order chi connectivity index (χ1) is 7.51. The van der Waals surface area contributed by atoms with Crippen molar-refractivity contribution >= 4 is 21.8 Å². The maximum Gasteiger partial charge on any atom is 0.270 e. The SMILES string of the molecule is CCn1cc(Br)cc1C(=O)N(C)C(C)CN. The van der Waals surface area contributed by atoms with Crippen molar-refractivity contribution in [2.24, 2.45) is 5.73 Å². The predicted molar refractivity (Wildman–Crippen MR) is 68.4 cm³/mol. The number of carbonyl (C=O) groups is 1. The fourth-order valence-electron chi connectivity index (χ4n) is 1.45. The minimum Gasteiger partial charge on any atom is -0.343 e. The van der Waals surface area contributed by atoms with Crippen LogP contribution in [0.15, 0.2) is 16.7 Å². The number of likely N-dealkylation sites (N-methyl/N-ethyl adjacent to an activating group) is 1. The van der Waals surface area contributed by atoms with Gasteiger partial charge in [0.15, 0.2) is 0 Å². The van der Waals surface area contributed by atoms with Crippen LogP contribution in [0.1, 0.15) is 24.3 Å². The molecule has 1 rings (SSSR count). The average Bonchev–Trinajstić information content (AvgIpc) is 2.67. The van der Waals surface area contributed by atoms with Crippen molar-refractivity contribution in [2.45, 2.75) is 26.4 Å². The summed E-state index contributed by atoms with van der Waals surface area (Å²) in [5.74, 6) is 0.00509. The van der Waals surface area contributed by atoms with Crippen molar-refractivity contribution in [3.05, 3.63) is 22.4 Å². The highest BCUT2D eigenvalue weighted by Gasteiger charge is 2.19. The summed E-state index contributed by atoms with van der Waals surface area (Å²) in [4.78, 5) is 13.8. The topological polar surface area (TPSA) is 51.3 Å². The normalized spacial score (nSPS) is 12.6. The van der Waals surface area contributed by atoms with Gasteiger partial charge in [-0.3, -0.25) is 4.79 Å². The van der Waals surface area contributed by atoms with Crippen LogP contribution < -0.4 is 5.73 Å². The Morgan fingerprint density at radius 3 is 2.81 bits per heavy atom. The maximum absolute atomic E-state index is 12.2. The van der Waals surface area contributed by atoms with E-state index in [0.717, 1.165) is 11.0 Å². The molecular weight excluding hydrogens is 270 g/mol. The number of nitrogens with zero attached hydrogens (tertiary/aromatic N) is 2. The molecule has 0 aliphatic rings. The Kier molecular flexibility index (Phi) is 4.56. The van der Waals surface area contributed by atoms with Crippen molar-refractivity contribution in [2.75, 3.05) is 13.6 Å². The van der Waals surface area contributed by atoms with Gasteiger partial charge < -0.3 is 15.2 Å². The summed E-state index contributed by atoms with van der Waals surface area (Å²) < 4.78 is 2.85. The van der Waals surface area contributed by atoms with E-state index in [1.165, 1.54) is 0 Å². The molecule has 1 heterocycles.